The van der Waals surface area contributed by atoms with Gasteiger partial charge in [0.2, 0.25) is 22.7 Å². The summed E-state index contributed by atoms with van der Waals surface area (Å²) in [6.45, 7) is -0.312. The lowest BCUT2D eigenvalue weighted by atomic mass is 10.2. The molecule has 2 aromatic carbocycles. The van der Waals surface area contributed by atoms with Crippen molar-refractivity contribution in [1.82, 2.24) is 4.98 Å². The quantitative estimate of drug-likeness (QED) is 0.707. The molecule has 0 saturated carbocycles. The number of benzene rings is 2. The molecule has 8 nitrogen and oxygen atoms in total. The summed E-state index contributed by atoms with van der Waals surface area (Å²) in [5.41, 5.74) is 1.47. The largest absolute Gasteiger partial charge is 0.454 e. The molecule has 1 amide bonds. The van der Waals surface area contributed by atoms with Gasteiger partial charge in [-0.15, -0.1) is 0 Å². The molecular formula is C19H17N3O5S. The van der Waals surface area contributed by atoms with Crippen LogP contribution in [-0.2, 0) is 14.8 Å². The fraction of sp³-hybridized carbons (Fsp3) is 0.158. The number of carbonyl (C=O) groups is 1. The van der Waals surface area contributed by atoms with E-state index in [-0.39, 0.29) is 13.3 Å². The number of ether oxygens (including phenoxy) is 2. The van der Waals surface area contributed by atoms with Crippen LogP contribution in [0.4, 0.5) is 11.4 Å². The fourth-order valence-corrected chi connectivity index (χ4v) is 3.81. The Balaban J connectivity index is 1.60. The number of hydrogen-bond acceptors (Lipinski definition) is 6. The second-order valence-corrected chi connectivity index (χ2v) is 8.14. The second-order valence-electron chi connectivity index (χ2n) is 6.24. The Bertz CT molecular complexity index is 1160. The Kier molecular flexibility index (Phi) is 4.52. The molecule has 3 aromatic rings. The van der Waals surface area contributed by atoms with E-state index in [4.69, 9.17) is 9.47 Å². The van der Waals surface area contributed by atoms with Crippen LogP contribution in [0.25, 0.3) is 10.9 Å². The van der Waals surface area contributed by atoms with Crippen LogP contribution in [0.5, 0.6) is 11.5 Å². The van der Waals surface area contributed by atoms with Crippen LogP contribution in [-0.4, -0.2) is 38.9 Å². The van der Waals surface area contributed by atoms with Gasteiger partial charge in [-0.1, -0.05) is 18.2 Å². The molecule has 0 radical (unpaired) electrons. The molecule has 0 aliphatic carbocycles. The lowest BCUT2D eigenvalue weighted by Crippen LogP contribution is -2.37. The van der Waals surface area contributed by atoms with E-state index in [1.165, 1.54) is 6.07 Å². The van der Waals surface area contributed by atoms with Gasteiger partial charge in [0.05, 0.1) is 23.1 Å². The highest BCUT2D eigenvalue weighted by molar-refractivity contribution is 7.92. The molecular weight excluding hydrogens is 382 g/mol. The highest BCUT2D eigenvalue weighted by Crippen LogP contribution is 2.36. The van der Waals surface area contributed by atoms with Crippen molar-refractivity contribution >= 4 is 38.2 Å². The van der Waals surface area contributed by atoms with Gasteiger partial charge in [-0.3, -0.25) is 14.1 Å². The van der Waals surface area contributed by atoms with Crippen LogP contribution in [0.1, 0.15) is 0 Å². The summed E-state index contributed by atoms with van der Waals surface area (Å²) < 4.78 is 36.1. The van der Waals surface area contributed by atoms with E-state index < -0.39 is 15.9 Å². The first-order valence-electron chi connectivity index (χ1n) is 8.43. The van der Waals surface area contributed by atoms with Crippen molar-refractivity contribution in [2.75, 3.05) is 29.2 Å². The second kappa shape index (κ2) is 7.01. The molecule has 1 aromatic heterocycles. The van der Waals surface area contributed by atoms with Crippen LogP contribution < -0.4 is 19.1 Å². The third-order valence-electron chi connectivity index (χ3n) is 4.24. The maximum atomic E-state index is 12.6. The van der Waals surface area contributed by atoms with Gasteiger partial charge < -0.3 is 14.8 Å². The number of nitrogens with zero attached hydrogens (tertiary/aromatic N) is 2. The van der Waals surface area contributed by atoms with Crippen LogP contribution in [0.15, 0.2) is 54.7 Å². The van der Waals surface area contributed by atoms with E-state index >= 15 is 0 Å². The average Bonchev–Trinajstić information content (AvgIpc) is 3.13. The van der Waals surface area contributed by atoms with Gasteiger partial charge in [0.25, 0.3) is 0 Å². The van der Waals surface area contributed by atoms with Crippen LogP contribution in [0, 0.1) is 0 Å². The van der Waals surface area contributed by atoms with E-state index in [2.05, 4.69) is 10.3 Å². The van der Waals surface area contributed by atoms with Crippen LogP contribution in [0.3, 0.4) is 0 Å². The van der Waals surface area contributed by atoms with Crippen LogP contribution in [0.2, 0.25) is 0 Å². The first-order chi connectivity index (χ1) is 13.4. The predicted octanol–water partition coefficient (Wildman–Crippen LogP) is 2.37. The number of rotatable bonds is 5. The number of fused-ring (bicyclic) bond motifs is 2. The first kappa shape index (κ1) is 18.1. The van der Waals surface area contributed by atoms with Crippen molar-refractivity contribution in [2.45, 2.75) is 0 Å². The van der Waals surface area contributed by atoms with E-state index in [0.717, 1.165) is 15.9 Å². The van der Waals surface area contributed by atoms with Crippen molar-refractivity contribution in [2.24, 2.45) is 0 Å². The molecule has 1 aliphatic heterocycles. The van der Waals surface area contributed by atoms with Crippen molar-refractivity contribution < 1.29 is 22.7 Å². The Hall–Kier alpha value is -3.33. The molecule has 0 atom stereocenters. The highest BCUT2D eigenvalue weighted by Gasteiger charge is 2.24. The molecule has 144 valence electrons. The van der Waals surface area contributed by atoms with Gasteiger partial charge >= 0.3 is 0 Å². The monoisotopic (exact) mass is 399 g/mol. The van der Waals surface area contributed by atoms with E-state index in [0.29, 0.717) is 28.4 Å². The maximum absolute atomic E-state index is 12.6. The van der Waals surface area contributed by atoms with Crippen molar-refractivity contribution in [1.29, 1.82) is 0 Å². The number of aromatic nitrogens is 1. The Morgan fingerprint density at radius 1 is 1.14 bits per heavy atom. The molecule has 2 heterocycles. The molecule has 9 heteroatoms. The standard InChI is InChI=1S/C19H17N3O5S/c1-28(24,25)22(14-7-8-16-17(10-14)27-12-26-16)11-18(23)21-15-6-2-4-13-5-3-9-20-19(13)15/h2-10H,11-12H2,1H3,(H,21,23). The molecule has 0 spiro atoms. The number of amides is 1. The summed E-state index contributed by atoms with van der Waals surface area (Å²) in [7, 11) is -3.70. The Morgan fingerprint density at radius 2 is 1.93 bits per heavy atom. The fourth-order valence-electron chi connectivity index (χ4n) is 2.97. The third-order valence-corrected chi connectivity index (χ3v) is 5.38. The first-order valence-corrected chi connectivity index (χ1v) is 10.3. The number of hydrogen-bond donors (Lipinski definition) is 1. The number of pyridine rings is 1. The van der Waals surface area contributed by atoms with Crippen molar-refractivity contribution in [3.8, 4) is 11.5 Å². The zero-order valence-electron chi connectivity index (χ0n) is 15.0. The van der Waals surface area contributed by atoms with Gasteiger partial charge in [-0.25, -0.2) is 8.42 Å². The molecule has 0 bridgehead atoms. The normalized spacial score (nSPS) is 12.8. The lowest BCUT2D eigenvalue weighted by Gasteiger charge is -2.22. The Morgan fingerprint density at radius 3 is 2.75 bits per heavy atom. The minimum Gasteiger partial charge on any atom is -0.454 e. The molecule has 0 unspecified atom stereocenters. The molecule has 4 rings (SSSR count). The van der Waals surface area contributed by atoms with Crippen molar-refractivity contribution in [3.05, 3.63) is 54.7 Å². The topological polar surface area (TPSA) is 97.8 Å². The van der Waals surface area contributed by atoms with E-state index in [9.17, 15) is 13.2 Å². The van der Waals surface area contributed by atoms with Gasteiger partial charge in [0.1, 0.15) is 6.54 Å². The van der Waals surface area contributed by atoms with Crippen LogP contribution >= 0.6 is 0 Å². The number of carbonyl (C=O) groups excluding carboxylic acids is 1. The summed E-state index contributed by atoms with van der Waals surface area (Å²) in [5, 5.41) is 3.62. The summed E-state index contributed by atoms with van der Waals surface area (Å²) in [6.07, 6.45) is 2.68. The van der Waals surface area contributed by atoms with Gasteiger partial charge in [-0.05, 0) is 24.3 Å². The minimum absolute atomic E-state index is 0.0756. The number of sulfonamides is 1. The van der Waals surface area contributed by atoms with Gasteiger partial charge in [0.15, 0.2) is 11.5 Å². The summed E-state index contributed by atoms with van der Waals surface area (Å²) in [6, 6.07) is 13.8. The average molecular weight is 399 g/mol. The lowest BCUT2D eigenvalue weighted by molar-refractivity contribution is -0.114. The maximum Gasteiger partial charge on any atom is 0.245 e. The molecule has 0 saturated heterocycles. The molecule has 1 N–H and O–H groups in total. The highest BCUT2D eigenvalue weighted by atomic mass is 32.2. The number of para-hydroxylation sites is 1. The van der Waals surface area contributed by atoms with E-state index in [1.807, 2.05) is 12.1 Å². The van der Waals surface area contributed by atoms with E-state index in [1.54, 1.807) is 36.5 Å². The summed E-state index contributed by atoms with van der Waals surface area (Å²) >= 11 is 0. The summed E-state index contributed by atoms with van der Waals surface area (Å²) in [4.78, 5) is 16.9. The zero-order chi connectivity index (χ0) is 19.7. The molecule has 0 fully saturated rings. The van der Waals surface area contributed by atoms with Crippen molar-refractivity contribution in [3.63, 3.8) is 0 Å². The van der Waals surface area contributed by atoms with Gasteiger partial charge in [-0.2, -0.15) is 0 Å². The third kappa shape index (κ3) is 3.56. The SMILES string of the molecule is CS(=O)(=O)N(CC(=O)Nc1cccc2cccnc12)c1ccc2c(c1)OCO2. The number of anilines is 2. The Labute approximate surface area is 161 Å². The zero-order valence-corrected chi connectivity index (χ0v) is 15.8. The minimum atomic E-state index is -3.70. The number of nitrogens with one attached hydrogen (secondary N) is 1. The molecule has 1 aliphatic rings. The smallest absolute Gasteiger partial charge is 0.245 e. The summed E-state index contributed by atoms with van der Waals surface area (Å²) in [5.74, 6) is 0.481. The molecule has 28 heavy (non-hydrogen) atoms. The predicted molar refractivity (Wildman–Crippen MR) is 105 cm³/mol. The van der Waals surface area contributed by atoms with Gasteiger partial charge in [0, 0.05) is 17.6 Å².